The third-order valence-electron chi connectivity index (χ3n) is 4.68. The van der Waals surface area contributed by atoms with Crippen LogP contribution in [0.25, 0.3) is 11.4 Å². The monoisotopic (exact) mass is 407 g/mol. The van der Waals surface area contributed by atoms with Gasteiger partial charge in [-0.25, -0.2) is 9.78 Å². The summed E-state index contributed by atoms with van der Waals surface area (Å²) in [6.45, 7) is 4.44. The van der Waals surface area contributed by atoms with E-state index in [1.54, 1.807) is 42.5 Å². The molecule has 3 aromatic rings. The number of carbonyl (C=O) groups excluding carboxylic acids is 2. The van der Waals surface area contributed by atoms with Crippen LogP contribution in [0.2, 0.25) is 0 Å². The molecular weight excluding hydrogens is 386 g/mol. The van der Waals surface area contributed by atoms with E-state index in [9.17, 15) is 9.59 Å². The van der Waals surface area contributed by atoms with Gasteiger partial charge in [-0.15, -0.1) is 0 Å². The predicted molar refractivity (Wildman–Crippen MR) is 110 cm³/mol. The van der Waals surface area contributed by atoms with Crippen LogP contribution in [0.15, 0.2) is 42.5 Å². The third-order valence-corrected chi connectivity index (χ3v) is 4.68. The lowest BCUT2D eigenvalue weighted by atomic mass is 10.1. The molecule has 2 aromatic carbocycles. The molecule has 154 valence electrons. The smallest absolute Gasteiger partial charge is 0.338 e. The van der Waals surface area contributed by atoms with Crippen molar-refractivity contribution < 1.29 is 23.8 Å². The van der Waals surface area contributed by atoms with Crippen LogP contribution in [-0.4, -0.2) is 41.7 Å². The topological polar surface area (TPSA) is 103 Å². The molecule has 0 unspecified atom stereocenters. The molecule has 0 spiro atoms. The summed E-state index contributed by atoms with van der Waals surface area (Å²) in [4.78, 5) is 32.0. The number of ether oxygens (including phenoxy) is 3. The number of hydrogen-bond donors (Lipinski definition) is 2. The van der Waals surface area contributed by atoms with Gasteiger partial charge in [0.1, 0.15) is 19.0 Å². The molecular formula is C22H21N3O5. The first-order valence-electron chi connectivity index (χ1n) is 9.50. The summed E-state index contributed by atoms with van der Waals surface area (Å²) >= 11 is 0. The lowest BCUT2D eigenvalue weighted by Gasteiger charge is -2.19. The quantitative estimate of drug-likeness (QED) is 0.630. The highest BCUT2D eigenvalue weighted by Crippen LogP contribution is 2.32. The van der Waals surface area contributed by atoms with Crippen LogP contribution < -0.4 is 14.8 Å². The second-order valence-electron chi connectivity index (χ2n) is 6.86. The van der Waals surface area contributed by atoms with Crippen molar-refractivity contribution in [2.45, 2.75) is 13.8 Å². The molecule has 0 fully saturated rings. The zero-order valence-electron chi connectivity index (χ0n) is 16.7. The standard InChI is InChI=1S/C22H21N3O5/c1-13-14(2)24-21(23-13)15-3-5-16(6-4-15)22(27)30-12-20(26)25-17-7-8-18-19(11-17)29-10-9-28-18/h3-8,11H,9-10,12H2,1-2H3,(H,23,24)(H,25,26). The molecule has 0 aliphatic carbocycles. The van der Waals surface area contributed by atoms with Crippen molar-refractivity contribution in [3.63, 3.8) is 0 Å². The number of imidazole rings is 1. The Morgan fingerprint density at radius 3 is 2.50 bits per heavy atom. The number of amides is 1. The molecule has 1 aromatic heterocycles. The van der Waals surface area contributed by atoms with Crippen molar-refractivity contribution in [3.8, 4) is 22.9 Å². The van der Waals surface area contributed by atoms with Crippen molar-refractivity contribution in [1.82, 2.24) is 9.97 Å². The second kappa shape index (κ2) is 8.28. The van der Waals surface area contributed by atoms with E-state index in [0.29, 0.717) is 36.0 Å². The summed E-state index contributed by atoms with van der Waals surface area (Å²) in [5.74, 6) is 0.916. The minimum atomic E-state index is -0.578. The molecule has 2 heterocycles. The molecule has 8 nitrogen and oxygen atoms in total. The summed E-state index contributed by atoms with van der Waals surface area (Å²) in [5, 5.41) is 2.67. The molecule has 2 N–H and O–H groups in total. The van der Waals surface area contributed by atoms with E-state index in [1.807, 2.05) is 13.8 Å². The number of aryl methyl sites for hydroxylation is 2. The first-order chi connectivity index (χ1) is 14.5. The zero-order chi connectivity index (χ0) is 21.1. The van der Waals surface area contributed by atoms with Crippen LogP contribution in [-0.2, 0) is 9.53 Å². The second-order valence-corrected chi connectivity index (χ2v) is 6.86. The highest BCUT2D eigenvalue weighted by atomic mass is 16.6. The Balaban J connectivity index is 1.32. The first kappa shape index (κ1) is 19.5. The summed E-state index contributed by atoms with van der Waals surface area (Å²) < 4.78 is 16.0. The Morgan fingerprint density at radius 2 is 1.80 bits per heavy atom. The number of nitrogens with zero attached hydrogens (tertiary/aromatic N) is 1. The van der Waals surface area contributed by atoms with Crippen molar-refractivity contribution >= 4 is 17.6 Å². The fourth-order valence-corrected chi connectivity index (χ4v) is 2.98. The summed E-state index contributed by atoms with van der Waals surface area (Å²) in [5.41, 5.74) is 3.67. The van der Waals surface area contributed by atoms with Crippen LogP contribution in [0.4, 0.5) is 5.69 Å². The fraction of sp³-hybridized carbons (Fsp3) is 0.227. The van der Waals surface area contributed by atoms with E-state index in [-0.39, 0.29) is 0 Å². The van der Waals surface area contributed by atoms with Crippen LogP contribution in [0, 0.1) is 13.8 Å². The van der Waals surface area contributed by atoms with E-state index in [1.165, 1.54) is 0 Å². The molecule has 0 saturated carbocycles. The van der Waals surface area contributed by atoms with Gasteiger partial charge in [-0.05, 0) is 38.1 Å². The van der Waals surface area contributed by atoms with E-state index in [4.69, 9.17) is 14.2 Å². The average molecular weight is 407 g/mol. The minimum absolute atomic E-state index is 0.353. The maximum absolute atomic E-state index is 12.2. The lowest BCUT2D eigenvalue weighted by molar-refractivity contribution is -0.119. The summed E-state index contributed by atoms with van der Waals surface area (Å²) in [6.07, 6.45) is 0. The molecule has 30 heavy (non-hydrogen) atoms. The number of hydrogen-bond acceptors (Lipinski definition) is 6. The van der Waals surface area contributed by atoms with Crippen LogP contribution in [0.3, 0.4) is 0 Å². The van der Waals surface area contributed by atoms with Crippen molar-refractivity contribution in [2.24, 2.45) is 0 Å². The van der Waals surface area contributed by atoms with Crippen molar-refractivity contribution in [1.29, 1.82) is 0 Å². The van der Waals surface area contributed by atoms with E-state index >= 15 is 0 Å². The highest BCUT2D eigenvalue weighted by Gasteiger charge is 2.15. The molecule has 0 atom stereocenters. The van der Waals surface area contributed by atoms with Gasteiger partial charge in [-0.1, -0.05) is 12.1 Å². The molecule has 0 saturated heterocycles. The number of aromatic nitrogens is 2. The maximum atomic E-state index is 12.2. The lowest BCUT2D eigenvalue weighted by Crippen LogP contribution is -2.21. The predicted octanol–water partition coefficient (Wildman–Crippen LogP) is 3.26. The SMILES string of the molecule is Cc1nc(-c2ccc(C(=O)OCC(=O)Nc3ccc4c(c3)OCCO4)cc2)[nH]c1C. The Hall–Kier alpha value is -3.81. The van der Waals surface area contributed by atoms with Gasteiger partial charge in [-0.3, -0.25) is 4.79 Å². The molecule has 1 aliphatic heterocycles. The van der Waals surface area contributed by atoms with Gasteiger partial charge in [0.2, 0.25) is 0 Å². The highest BCUT2D eigenvalue weighted by molar-refractivity contribution is 5.95. The number of esters is 1. The molecule has 0 bridgehead atoms. The van der Waals surface area contributed by atoms with Gasteiger partial charge in [0.25, 0.3) is 5.91 Å². The molecule has 1 amide bonds. The molecule has 0 radical (unpaired) electrons. The minimum Gasteiger partial charge on any atom is -0.486 e. The van der Waals surface area contributed by atoms with Gasteiger partial charge >= 0.3 is 5.97 Å². The number of H-pyrrole nitrogens is 1. The Kier molecular flexibility index (Phi) is 5.38. The normalized spacial score (nSPS) is 12.3. The van der Waals surface area contributed by atoms with E-state index in [0.717, 1.165) is 22.8 Å². The number of nitrogens with one attached hydrogen (secondary N) is 2. The van der Waals surface area contributed by atoms with Gasteiger partial charge in [0, 0.05) is 23.0 Å². The molecule has 1 aliphatic rings. The van der Waals surface area contributed by atoms with Crippen molar-refractivity contribution in [2.75, 3.05) is 25.1 Å². The van der Waals surface area contributed by atoms with Crippen LogP contribution >= 0.6 is 0 Å². The summed E-state index contributed by atoms with van der Waals surface area (Å²) in [6, 6.07) is 11.9. The number of fused-ring (bicyclic) bond motifs is 1. The van der Waals surface area contributed by atoms with Crippen LogP contribution in [0.1, 0.15) is 21.7 Å². The van der Waals surface area contributed by atoms with Gasteiger partial charge in [0.05, 0.1) is 11.3 Å². The Morgan fingerprint density at radius 1 is 1.07 bits per heavy atom. The zero-order valence-corrected chi connectivity index (χ0v) is 16.7. The Bertz CT molecular complexity index is 1070. The molecule has 8 heteroatoms. The largest absolute Gasteiger partial charge is 0.486 e. The third kappa shape index (κ3) is 4.27. The van der Waals surface area contributed by atoms with Gasteiger partial charge in [0.15, 0.2) is 18.1 Å². The van der Waals surface area contributed by atoms with E-state index in [2.05, 4.69) is 15.3 Å². The number of anilines is 1. The first-order valence-corrected chi connectivity index (χ1v) is 9.50. The van der Waals surface area contributed by atoms with E-state index < -0.39 is 18.5 Å². The van der Waals surface area contributed by atoms with Gasteiger partial charge in [-0.2, -0.15) is 0 Å². The fourth-order valence-electron chi connectivity index (χ4n) is 2.98. The number of benzene rings is 2. The van der Waals surface area contributed by atoms with Crippen LogP contribution in [0.5, 0.6) is 11.5 Å². The average Bonchev–Trinajstić information content (AvgIpc) is 3.10. The number of carbonyl (C=O) groups is 2. The Labute approximate surface area is 173 Å². The van der Waals surface area contributed by atoms with Crippen molar-refractivity contribution in [3.05, 3.63) is 59.4 Å². The molecule has 4 rings (SSSR count). The number of aromatic amines is 1. The maximum Gasteiger partial charge on any atom is 0.338 e. The van der Waals surface area contributed by atoms with Gasteiger partial charge < -0.3 is 24.5 Å². The number of rotatable bonds is 5. The summed E-state index contributed by atoms with van der Waals surface area (Å²) in [7, 11) is 0.